The number of benzene rings is 1. The highest BCUT2D eigenvalue weighted by atomic mass is 35.5. The molecule has 11 nitrogen and oxygen atoms in total. The van der Waals surface area contributed by atoms with Crippen molar-refractivity contribution >= 4 is 46.2 Å². The molecule has 0 saturated heterocycles. The first kappa shape index (κ1) is 31.3. The molecule has 0 bridgehead atoms. The molecule has 0 radical (unpaired) electrons. The van der Waals surface area contributed by atoms with E-state index in [9.17, 15) is 19.2 Å². The zero-order valence-corrected chi connectivity index (χ0v) is 27.3. The molecule has 46 heavy (non-hydrogen) atoms. The molecule has 0 spiro atoms. The van der Waals surface area contributed by atoms with Gasteiger partial charge >= 0.3 is 0 Å². The van der Waals surface area contributed by atoms with Crippen molar-refractivity contribution in [3.05, 3.63) is 109 Å². The Labute approximate surface area is 274 Å². The number of aryl methyl sites for hydroxylation is 3. The lowest BCUT2D eigenvalue weighted by molar-refractivity contribution is -0.123. The van der Waals surface area contributed by atoms with E-state index >= 15 is 0 Å². The van der Waals surface area contributed by atoms with Crippen LogP contribution in [0.3, 0.4) is 0 Å². The summed E-state index contributed by atoms with van der Waals surface area (Å²) in [4.78, 5) is 55.9. The third kappa shape index (κ3) is 6.22. The summed E-state index contributed by atoms with van der Waals surface area (Å²) in [7, 11) is 1.55. The minimum absolute atomic E-state index is 0.0751. The number of carbonyl (C=O) groups excluding carboxylic acids is 3. The second kappa shape index (κ2) is 12.6. The molecule has 1 atom stereocenters. The molecule has 4 aromatic rings. The topological polar surface area (TPSA) is 140 Å². The van der Waals surface area contributed by atoms with Gasteiger partial charge in [0.15, 0.2) is 11.6 Å². The highest BCUT2D eigenvalue weighted by Crippen LogP contribution is 2.39. The van der Waals surface area contributed by atoms with E-state index in [1.54, 1.807) is 18.4 Å². The molecule has 1 aliphatic carbocycles. The first-order valence-corrected chi connectivity index (χ1v) is 16.0. The van der Waals surface area contributed by atoms with E-state index in [-0.39, 0.29) is 35.8 Å². The van der Waals surface area contributed by atoms with E-state index in [0.717, 1.165) is 33.2 Å². The molecule has 236 valence electrons. The molecule has 13 heteroatoms. The van der Waals surface area contributed by atoms with E-state index in [1.165, 1.54) is 39.9 Å². The van der Waals surface area contributed by atoms with Crippen LogP contribution < -0.4 is 16.2 Å². The molecule has 0 unspecified atom stereocenters. The van der Waals surface area contributed by atoms with E-state index in [4.69, 9.17) is 16.6 Å². The molecule has 1 aromatic carbocycles. The van der Waals surface area contributed by atoms with Gasteiger partial charge < -0.3 is 15.2 Å². The number of allylic oxidation sites excluding steroid dienone is 1. The molecular weight excluding hydrogens is 626 g/mol. The normalized spacial score (nSPS) is 18.6. The van der Waals surface area contributed by atoms with Gasteiger partial charge in [0.25, 0.3) is 0 Å². The van der Waals surface area contributed by atoms with Crippen LogP contribution >= 0.6 is 22.9 Å². The monoisotopic (exact) mass is 657 g/mol. The first-order chi connectivity index (χ1) is 22.0. The van der Waals surface area contributed by atoms with Gasteiger partial charge in [0.1, 0.15) is 16.9 Å². The van der Waals surface area contributed by atoms with Crippen LogP contribution in [0.25, 0.3) is 5.00 Å². The summed E-state index contributed by atoms with van der Waals surface area (Å²) in [6.45, 7) is 6.06. The van der Waals surface area contributed by atoms with Gasteiger partial charge in [-0.1, -0.05) is 23.7 Å². The third-order valence-electron chi connectivity index (χ3n) is 8.34. The highest BCUT2D eigenvalue weighted by Gasteiger charge is 2.35. The van der Waals surface area contributed by atoms with Crippen molar-refractivity contribution in [1.82, 2.24) is 30.0 Å². The van der Waals surface area contributed by atoms with Gasteiger partial charge in [0, 0.05) is 64.1 Å². The smallest absolute Gasteiger partial charge is 0.250 e. The Bertz CT molecular complexity index is 1980. The molecule has 2 aliphatic rings. The number of fused-ring (bicyclic) bond motifs is 3. The van der Waals surface area contributed by atoms with Gasteiger partial charge in [-0.3, -0.25) is 28.7 Å². The second-order valence-electron chi connectivity index (χ2n) is 11.6. The number of hydrogen-bond acceptors (Lipinski definition) is 8. The lowest BCUT2D eigenvalue weighted by atomic mass is 9.86. The summed E-state index contributed by atoms with van der Waals surface area (Å²) >= 11 is 7.85. The number of aliphatic imine (C=N–C) groups is 1. The summed E-state index contributed by atoms with van der Waals surface area (Å²) in [5.74, 6) is 0.376. The number of hydrogen-bond donors (Lipinski definition) is 2. The van der Waals surface area contributed by atoms with Crippen LogP contribution in [0.1, 0.15) is 68.9 Å². The maximum atomic E-state index is 13.3. The van der Waals surface area contributed by atoms with Gasteiger partial charge in [-0.25, -0.2) is 0 Å². The summed E-state index contributed by atoms with van der Waals surface area (Å²) in [5, 5.41) is 16.3. The average Bonchev–Trinajstić information content (AvgIpc) is 3.48. The predicted octanol–water partition coefficient (Wildman–Crippen LogP) is 4.09. The fourth-order valence-electron chi connectivity index (χ4n) is 5.68. The maximum Gasteiger partial charge on any atom is 0.250 e. The summed E-state index contributed by atoms with van der Waals surface area (Å²) in [5.41, 5.74) is 3.88. The van der Waals surface area contributed by atoms with Crippen molar-refractivity contribution in [2.45, 2.75) is 58.2 Å². The van der Waals surface area contributed by atoms with E-state index < -0.39 is 11.9 Å². The Balaban J connectivity index is 1.11. The standard InChI is InChI=1S/C33H32ClN7O4S/c1-17-18(2)46-33-30(17)31(20-5-8-22(34)9-6-20)37-25(32-39-38-19(3)41(32)33)15-28(44)36-24-13-23(14-24)35-27(43)11-10-26(42)21-7-12-29(45)40(4)16-21/h5-12,16,23-25H,13-15H2,1-4H3,(H,35,43)(H,36,44)/b11-10+/t23-,24-,25-/m0/s1. The quantitative estimate of drug-likeness (QED) is 0.216. The number of aromatic nitrogens is 4. The second-order valence-corrected chi connectivity index (χ2v) is 13.3. The number of rotatable bonds is 8. The molecular formula is C33H32ClN7O4S. The molecule has 2 N–H and O–H groups in total. The van der Waals surface area contributed by atoms with Crippen LogP contribution in [0.4, 0.5) is 0 Å². The fraction of sp³-hybridized carbons (Fsp3) is 0.303. The SMILES string of the molecule is Cc1sc2c(c1C)C(c1ccc(Cl)cc1)=N[C@@H](CC(=O)N[C@H]1C[C@H](NC(=O)/C=C/C(=O)c3ccc(=O)n(C)c3)C1)c1nnc(C)n1-2. The van der Waals surface area contributed by atoms with Crippen LogP contribution in [0, 0.1) is 20.8 Å². The largest absolute Gasteiger partial charge is 0.353 e. The zero-order valence-electron chi connectivity index (χ0n) is 25.7. The Kier molecular flexibility index (Phi) is 8.58. The van der Waals surface area contributed by atoms with E-state index in [0.29, 0.717) is 29.3 Å². The molecule has 6 rings (SSSR count). The van der Waals surface area contributed by atoms with Crippen molar-refractivity contribution in [2.75, 3.05) is 0 Å². The van der Waals surface area contributed by atoms with Gasteiger partial charge in [0.05, 0.1) is 12.1 Å². The summed E-state index contributed by atoms with van der Waals surface area (Å²) in [6, 6.07) is 9.46. The summed E-state index contributed by atoms with van der Waals surface area (Å²) < 4.78 is 3.31. The third-order valence-corrected chi connectivity index (χ3v) is 9.79. The number of nitrogens with zero attached hydrogens (tertiary/aromatic N) is 5. The number of nitrogens with one attached hydrogen (secondary N) is 2. The van der Waals surface area contributed by atoms with Gasteiger partial charge in [-0.05, 0) is 63.5 Å². The number of amides is 2. The number of thiophene rings is 1. The van der Waals surface area contributed by atoms with E-state index in [2.05, 4.69) is 34.7 Å². The van der Waals surface area contributed by atoms with Crippen LogP contribution in [0.2, 0.25) is 5.02 Å². The van der Waals surface area contributed by atoms with Crippen LogP contribution in [-0.4, -0.2) is 54.7 Å². The Hall–Kier alpha value is -4.68. The van der Waals surface area contributed by atoms with Crippen LogP contribution in [0.15, 0.2) is 64.5 Å². The molecule has 4 heterocycles. The maximum absolute atomic E-state index is 13.3. The zero-order chi connectivity index (χ0) is 32.7. The Morgan fingerprint density at radius 3 is 2.43 bits per heavy atom. The fourth-order valence-corrected chi connectivity index (χ4v) is 7.02. The van der Waals surface area contributed by atoms with Crippen LogP contribution in [0.5, 0.6) is 0 Å². The Morgan fingerprint density at radius 2 is 1.72 bits per heavy atom. The minimum Gasteiger partial charge on any atom is -0.353 e. The van der Waals surface area contributed by atoms with Crippen molar-refractivity contribution in [3.63, 3.8) is 0 Å². The number of halogens is 1. The highest BCUT2D eigenvalue weighted by molar-refractivity contribution is 7.15. The van der Waals surface area contributed by atoms with Crippen molar-refractivity contribution in [1.29, 1.82) is 0 Å². The summed E-state index contributed by atoms with van der Waals surface area (Å²) in [6.07, 6.45) is 5.00. The number of pyridine rings is 1. The van der Waals surface area contributed by atoms with Gasteiger partial charge in [-0.15, -0.1) is 21.5 Å². The number of ketones is 1. The van der Waals surface area contributed by atoms with Crippen molar-refractivity contribution in [2.24, 2.45) is 12.0 Å². The molecule has 2 amide bonds. The lowest BCUT2D eigenvalue weighted by Gasteiger charge is -2.36. The van der Waals surface area contributed by atoms with Crippen molar-refractivity contribution in [3.8, 4) is 5.00 Å². The number of carbonyl (C=O) groups is 3. The van der Waals surface area contributed by atoms with Crippen LogP contribution in [-0.2, 0) is 16.6 Å². The molecule has 1 saturated carbocycles. The van der Waals surface area contributed by atoms with Gasteiger partial charge in [-0.2, -0.15) is 0 Å². The molecule has 1 aliphatic heterocycles. The lowest BCUT2D eigenvalue weighted by Crippen LogP contribution is -2.53. The Morgan fingerprint density at radius 1 is 1.00 bits per heavy atom. The average molecular weight is 658 g/mol. The minimum atomic E-state index is -0.573. The predicted molar refractivity (Wildman–Crippen MR) is 176 cm³/mol. The van der Waals surface area contributed by atoms with E-state index in [1.807, 2.05) is 35.8 Å². The van der Waals surface area contributed by atoms with Crippen molar-refractivity contribution < 1.29 is 14.4 Å². The molecule has 3 aromatic heterocycles. The molecule has 1 fully saturated rings. The van der Waals surface area contributed by atoms with Gasteiger partial charge in [0.2, 0.25) is 17.4 Å². The first-order valence-electron chi connectivity index (χ1n) is 14.8.